The topological polar surface area (TPSA) is 96.4 Å². The van der Waals surface area contributed by atoms with E-state index in [2.05, 4.69) is 10.3 Å². The maximum atomic E-state index is 11.3. The molecule has 7 heteroatoms. The van der Waals surface area contributed by atoms with E-state index in [-0.39, 0.29) is 10.5 Å². The highest BCUT2D eigenvalue weighted by atomic mass is 32.2. The molecule has 2 N–H and O–H groups in total. The van der Waals surface area contributed by atoms with Crippen LogP contribution in [-0.4, -0.2) is 30.7 Å². The van der Waals surface area contributed by atoms with Crippen LogP contribution in [0.5, 0.6) is 0 Å². The van der Waals surface area contributed by atoms with E-state index < -0.39 is 15.8 Å². The number of aromatic nitrogens is 1. The average Bonchev–Trinajstić information content (AvgIpc) is 2.45. The zero-order valence-corrected chi connectivity index (χ0v) is 12.1. The van der Waals surface area contributed by atoms with Crippen molar-refractivity contribution in [3.8, 4) is 0 Å². The van der Waals surface area contributed by atoms with Gasteiger partial charge in [0.2, 0.25) is 0 Å². The summed E-state index contributed by atoms with van der Waals surface area (Å²) in [4.78, 5) is 15.0. The van der Waals surface area contributed by atoms with E-state index in [0.717, 1.165) is 11.8 Å². The first-order chi connectivity index (χ1) is 9.86. The SMILES string of the molecule is CS(=O)(=O)c1ccc(CNc2ccc(C(=O)O)cn2)cc1. The molecule has 0 aliphatic carbocycles. The van der Waals surface area contributed by atoms with E-state index in [1.807, 2.05) is 0 Å². The molecule has 0 spiro atoms. The van der Waals surface area contributed by atoms with Gasteiger partial charge in [0.05, 0.1) is 10.5 Å². The van der Waals surface area contributed by atoms with Crippen LogP contribution in [0, 0.1) is 0 Å². The molecule has 1 aromatic carbocycles. The van der Waals surface area contributed by atoms with Crippen molar-refractivity contribution in [3.63, 3.8) is 0 Å². The number of nitrogens with one attached hydrogen (secondary N) is 1. The molecule has 0 aliphatic rings. The summed E-state index contributed by atoms with van der Waals surface area (Å²) in [5, 5.41) is 11.8. The van der Waals surface area contributed by atoms with Gasteiger partial charge in [-0.3, -0.25) is 0 Å². The lowest BCUT2D eigenvalue weighted by Gasteiger charge is -2.06. The number of anilines is 1. The van der Waals surface area contributed by atoms with Crippen molar-refractivity contribution in [1.82, 2.24) is 4.98 Å². The first kappa shape index (κ1) is 15.0. The first-order valence-corrected chi connectivity index (χ1v) is 7.97. The number of rotatable bonds is 5. The van der Waals surface area contributed by atoms with Crippen molar-refractivity contribution in [3.05, 3.63) is 53.7 Å². The molecule has 0 bridgehead atoms. The predicted molar refractivity (Wildman–Crippen MR) is 78.1 cm³/mol. The number of carboxylic acid groups (broad SMARTS) is 1. The van der Waals surface area contributed by atoms with Crippen LogP contribution in [0.1, 0.15) is 15.9 Å². The summed E-state index contributed by atoms with van der Waals surface area (Å²) in [7, 11) is -3.19. The Labute approximate surface area is 122 Å². The van der Waals surface area contributed by atoms with Gasteiger partial charge in [-0.1, -0.05) is 12.1 Å². The molecule has 2 aromatic rings. The summed E-state index contributed by atoms with van der Waals surface area (Å²) in [6.45, 7) is 0.462. The third-order valence-electron chi connectivity index (χ3n) is 2.84. The highest BCUT2D eigenvalue weighted by Gasteiger charge is 2.06. The molecular weight excluding hydrogens is 292 g/mol. The van der Waals surface area contributed by atoms with Gasteiger partial charge in [-0.2, -0.15) is 0 Å². The van der Waals surface area contributed by atoms with E-state index in [1.165, 1.54) is 12.3 Å². The Hall–Kier alpha value is -2.41. The number of benzene rings is 1. The fourth-order valence-corrected chi connectivity index (χ4v) is 2.30. The number of carbonyl (C=O) groups is 1. The molecule has 2 rings (SSSR count). The van der Waals surface area contributed by atoms with Gasteiger partial charge in [-0.25, -0.2) is 18.2 Å². The molecular formula is C14H14N2O4S. The lowest BCUT2D eigenvalue weighted by Crippen LogP contribution is -2.04. The van der Waals surface area contributed by atoms with Gasteiger partial charge in [0.15, 0.2) is 9.84 Å². The monoisotopic (exact) mass is 306 g/mol. The molecule has 0 saturated heterocycles. The number of carboxylic acids is 1. The molecule has 0 radical (unpaired) electrons. The van der Waals surface area contributed by atoms with Crippen molar-refractivity contribution in [2.75, 3.05) is 11.6 Å². The second-order valence-electron chi connectivity index (χ2n) is 4.51. The fraction of sp³-hybridized carbons (Fsp3) is 0.143. The van der Waals surface area contributed by atoms with Crippen LogP contribution in [0.2, 0.25) is 0 Å². The Morgan fingerprint density at radius 3 is 2.33 bits per heavy atom. The van der Waals surface area contributed by atoms with Gasteiger partial charge in [0.25, 0.3) is 0 Å². The van der Waals surface area contributed by atoms with Crippen LogP contribution >= 0.6 is 0 Å². The minimum atomic E-state index is -3.19. The van der Waals surface area contributed by atoms with Crippen LogP contribution in [0.15, 0.2) is 47.5 Å². The zero-order chi connectivity index (χ0) is 15.5. The van der Waals surface area contributed by atoms with E-state index in [0.29, 0.717) is 12.4 Å². The highest BCUT2D eigenvalue weighted by molar-refractivity contribution is 7.90. The Kier molecular flexibility index (Phi) is 4.23. The zero-order valence-electron chi connectivity index (χ0n) is 11.3. The standard InChI is InChI=1S/C14H14N2O4S/c1-21(19,20)12-5-2-10(3-6-12)8-15-13-7-4-11(9-16-13)14(17)18/h2-7,9H,8H2,1H3,(H,15,16)(H,17,18). The lowest BCUT2D eigenvalue weighted by atomic mass is 10.2. The van der Waals surface area contributed by atoms with Crippen molar-refractivity contribution in [2.45, 2.75) is 11.4 Å². The summed E-state index contributed by atoms with van der Waals surface area (Å²) < 4.78 is 22.7. The van der Waals surface area contributed by atoms with Crippen LogP contribution in [0.4, 0.5) is 5.82 Å². The van der Waals surface area contributed by atoms with Gasteiger partial charge in [0, 0.05) is 19.0 Å². The Morgan fingerprint density at radius 2 is 1.86 bits per heavy atom. The smallest absolute Gasteiger partial charge is 0.337 e. The molecule has 0 amide bonds. The van der Waals surface area contributed by atoms with Crippen molar-refractivity contribution >= 4 is 21.6 Å². The van der Waals surface area contributed by atoms with Crippen LogP contribution in [0.25, 0.3) is 0 Å². The highest BCUT2D eigenvalue weighted by Crippen LogP contribution is 2.12. The maximum absolute atomic E-state index is 11.3. The number of pyridine rings is 1. The largest absolute Gasteiger partial charge is 0.478 e. The third kappa shape index (κ3) is 4.03. The summed E-state index contributed by atoms with van der Waals surface area (Å²) in [6.07, 6.45) is 2.44. The first-order valence-electron chi connectivity index (χ1n) is 6.08. The predicted octanol–water partition coefficient (Wildman–Crippen LogP) is 1.80. The number of nitrogens with zero attached hydrogens (tertiary/aromatic N) is 1. The second-order valence-corrected chi connectivity index (χ2v) is 6.52. The number of sulfone groups is 1. The molecule has 1 heterocycles. The number of aromatic carboxylic acids is 1. The minimum absolute atomic E-state index is 0.123. The molecule has 0 fully saturated rings. The van der Waals surface area contributed by atoms with Crippen molar-refractivity contribution in [1.29, 1.82) is 0 Å². The quantitative estimate of drug-likeness (QED) is 0.874. The molecule has 0 aliphatic heterocycles. The molecule has 21 heavy (non-hydrogen) atoms. The molecule has 0 atom stereocenters. The number of hydrogen-bond donors (Lipinski definition) is 2. The van der Waals surface area contributed by atoms with Gasteiger partial charge < -0.3 is 10.4 Å². The molecule has 110 valence electrons. The van der Waals surface area contributed by atoms with Crippen molar-refractivity contribution < 1.29 is 18.3 Å². The van der Waals surface area contributed by atoms with Crippen LogP contribution in [-0.2, 0) is 16.4 Å². The van der Waals surface area contributed by atoms with Crippen LogP contribution in [0.3, 0.4) is 0 Å². The normalized spacial score (nSPS) is 11.1. The second kappa shape index (κ2) is 5.92. The molecule has 1 aromatic heterocycles. The number of hydrogen-bond acceptors (Lipinski definition) is 5. The van der Waals surface area contributed by atoms with Gasteiger partial charge in [0.1, 0.15) is 5.82 Å². The maximum Gasteiger partial charge on any atom is 0.337 e. The molecule has 6 nitrogen and oxygen atoms in total. The fourth-order valence-electron chi connectivity index (χ4n) is 1.67. The summed E-state index contributed by atoms with van der Waals surface area (Å²) in [5.74, 6) is -0.474. The molecule has 0 unspecified atom stereocenters. The van der Waals surface area contributed by atoms with E-state index in [4.69, 9.17) is 5.11 Å². The average molecular weight is 306 g/mol. The van der Waals surface area contributed by atoms with E-state index in [9.17, 15) is 13.2 Å². The van der Waals surface area contributed by atoms with E-state index >= 15 is 0 Å². The Bertz CT molecular complexity index is 738. The lowest BCUT2D eigenvalue weighted by molar-refractivity contribution is 0.0696. The van der Waals surface area contributed by atoms with E-state index in [1.54, 1.807) is 30.3 Å². The summed E-state index contributed by atoms with van der Waals surface area (Å²) in [5.41, 5.74) is 1.02. The summed E-state index contributed by atoms with van der Waals surface area (Å²) >= 11 is 0. The molecule has 0 saturated carbocycles. The Morgan fingerprint density at radius 1 is 1.19 bits per heavy atom. The van der Waals surface area contributed by atoms with Gasteiger partial charge >= 0.3 is 5.97 Å². The van der Waals surface area contributed by atoms with Gasteiger partial charge in [-0.15, -0.1) is 0 Å². The summed E-state index contributed by atoms with van der Waals surface area (Å²) in [6, 6.07) is 9.57. The van der Waals surface area contributed by atoms with Crippen molar-refractivity contribution in [2.24, 2.45) is 0 Å². The van der Waals surface area contributed by atoms with Crippen LogP contribution < -0.4 is 5.32 Å². The third-order valence-corrected chi connectivity index (χ3v) is 3.96. The Balaban J connectivity index is 2.01. The minimum Gasteiger partial charge on any atom is -0.478 e. The van der Waals surface area contributed by atoms with Gasteiger partial charge in [-0.05, 0) is 29.8 Å².